The molecule has 3 heteroatoms. The molecule has 0 radical (unpaired) electrons. The van der Waals surface area contributed by atoms with Crippen LogP contribution >= 0.6 is 0 Å². The van der Waals surface area contributed by atoms with Crippen LogP contribution in [0.15, 0.2) is 66.9 Å². The number of hydrogen-bond donors (Lipinski definition) is 0. The van der Waals surface area contributed by atoms with Gasteiger partial charge in [-0.15, -0.1) is 0 Å². The molecular weight excluding hydrogens is 306 g/mol. The van der Waals surface area contributed by atoms with Crippen molar-refractivity contribution in [2.45, 2.75) is 26.1 Å². The van der Waals surface area contributed by atoms with Crippen LogP contribution in [0.2, 0.25) is 0 Å². The summed E-state index contributed by atoms with van der Waals surface area (Å²) in [5.41, 5.74) is 5.53. The van der Waals surface area contributed by atoms with Gasteiger partial charge in [0.05, 0.1) is 11.6 Å². The normalized spacial score (nSPS) is 17.0. The van der Waals surface area contributed by atoms with Crippen molar-refractivity contribution in [3.05, 3.63) is 83.7 Å². The van der Waals surface area contributed by atoms with Gasteiger partial charge in [0.1, 0.15) is 0 Å². The Labute approximate surface area is 148 Å². The monoisotopic (exact) mass is 327 g/mol. The summed E-state index contributed by atoms with van der Waals surface area (Å²) in [4.78, 5) is 2.52. The molecule has 0 unspecified atom stereocenters. The number of rotatable bonds is 3. The van der Waals surface area contributed by atoms with Crippen molar-refractivity contribution >= 4 is 0 Å². The Morgan fingerprint density at radius 3 is 2.60 bits per heavy atom. The SMILES string of the molecule is C[C@H]1c2cccn2CCN1Cc1ccc(-c2ccccc2C#N)cc1. The molecule has 25 heavy (non-hydrogen) atoms. The van der Waals surface area contributed by atoms with Gasteiger partial charge in [-0.3, -0.25) is 4.90 Å². The van der Waals surface area contributed by atoms with Gasteiger partial charge >= 0.3 is 0 Å². The van der Waals surface area contributed by atoms with E-state index in [9.17, 15) is 5.26 Å². The van der Waals surface area contributed by atoms with E-state index in [0.717, 1.165) is 36.3 Å². The molecule has 0 fully saturated rings. The highest BCUT2D eigenvalue weighted by atomic mass is 15.2. The summed E-state index contributed by atoms with van der Waals surface area (Å²) < 4.78 is 2.35. The summed E-state index contributed by atoms with van der Waals surface area (Å²) in [5.74, 6) is 0. The van der Waals surface area contributed by atoms with Crippen LogP contribution in [0.3, 0.4) is 0 Å². The van der Waals surface area contributed by atoms with Crippen LogP contribution in [-0.2, 0) is 13.1 Å². The van der Waals surface area contributed by atoms with Crippen LogP contribution < -0.4 is 0 Å². The second kappa shape index (κ2) is 6.58. The van der Waals surface area contributed by atoms with Crippen LogP contribution in [0.5, 0.6) is 0 Å². The maximum Gasteiger partial charge on any atom is 0.0998 e. The zero-order chi connectivity index (χ0) is 17.2. The van der Waals surface area contributed by atoms with E-state index < -0.39 is 0 Å². The zero-order valence-electron chi connectivity index (χ0n) is 14.4. The van der Waals surface area contributed by atoms with Crippen LogP contribution in [0.4, 0.5) is 0 Å². The topological polar surface area (TPSA) is 32.0 Å². The average molecular weight is 327 g/mol. The fourth-order valence-electron chi connectivity index (χ4n) is 3.70. The molecule has 1 aliphatic heterocycles. The fraction of sp³-hybridized carbons (Fsp3) is 0.227. The van der Waals surface area contributed by atoms with Crippen LogP contribution in [0.25, 0.3) is 11.1 Å². The average Bonchev–Trinajstić information content (AvgIpc) is 3.14. The Morgan fingerprint density at radius 2 is 1.80 bits per heavy atom. The van der Waals surface area contributed by atoms with E-state index in [1.54, 1.807) is 0 Å². The van der Waals surface area contributed by atoms with Crippen molar-refractivity contribution in [3.8, 4) is 17.2 Å². The van der Waals surface area contributed by atoms with Crippen LogP contribution in [0.1, 0.15) is 29.8 Å². The van der Waals surface area contributed by atoms with Crippen molar-refractivity contribution in [1.82, 2.24) is 9.47 Å². The maximum absolute atomic E-state index is 9.28. The van der Waals surface area contributed by atoms with Gasteiger partial charge in [-0.25, -0.2) is 0 Å². The quantitative estimate of drug-likeness (QED) is 0.704. The Hall–Kier alpha value is -2.83. The zero-order valence-corrected chi connectivity index (χ0v) is 14.4. The van der Waals surface area contributed by atoms with Gasteiger partial charge in [0.15, 0.2) is 0 Å². The first-order valence-electron chi connectivity index (χ1n) is 8.74. The van der Waals surface area contributed by atoms with E-state index in [1.807, 2.05) is 24.3 Å². The molecule has 0 spiro atoms. The lowest BCUT2D eigenvalue weighted by molar-refractivity contribution is 0.161. The van der Waals surface area contributed by atoms with E-state index in [1.165, 1.54) is 11.3 Å². The summed E-state index contributed by atoms with van der Waals surface area (Å²) in [6.45, 7) is 5.36. The Balaban J connectivity index is 1.53. The van der Waals surface area contributed by atoms with E-state index >= 15 is 0 Å². The lowest BCUT2D eigenvalue weighted by Crippen LogP contribution is -2.35. The second-order valence-electron chi connectivity index (χ2n) is 6.63. The Bertz CT molecular complexity index is 915. The molecule has 0 bridgehead atoms. The van der Waals surface area contributed by atoms with Gasteiger partial charge in [-0.2, -0.15) is 5.26 Å². The van der Waals surface area contributed by atoms with Crippen LogP contribution in [-0.4, -0.2) is 16.0 Å². The maximum atomic E-state index is 9.28. The predicted octanol–water partition coefficient (Wildman–Crippen LogP) is 4.60. The Morgan fingerprint density at radius 1 is 1.00 bits per heavy atom. The minimum Gasteiger partial charge on any atom is -0.349 e. The lowest BCUT2D eigenvalue weighted by atomic mass is 9.99. The third-order valence-electron chi connectivity index (χ3n) is 5.17. The van der Waals surface area contributed by atoms with E-state index in [4.69, 9.17) is 0 Å². The van der Waals surface area contributed by atoms with Crippen molar-refractivity contribution in [1.29, 1.82) is 5.26 Å². The third-order valence-corrected chi connectivity index (χ3v) is 5.17. The molecule has 2 aromatic carbocycles. The van der Waals surface area contributed by atoms with Crippen molar-refractivity contribution in [2.75, 3.05) is 6.54 Å². The molecule has 124 valence electrons. The summed E-state index contributed by atoms with van der Waals surface area (Å²) in [6, 6.07) is 23.5. The van der Waals surface area contributed by atoms with Gasteiger partial charge in [0, 0.05) is 37.6 Å². The van der Waals surface area contributed by atoms with Crippen molar-refractivity contribution in [3.63, 3.8) is 0 Å². The van der Waals surface area contributed by atoms with Gasteiger partial charge in [0.25, 0.3) is 0 Å². The number of benzene rings is 2. The standard InChI is InChI=1S/C22H21N3/c1-17-22-7-4-12-24(22)13-14-25(17)16-18-8-10-19(11-9-18)21-6-3-2-5-20(21)15-23/h2-12,17H,13-14,16H2,1H3/t17-/m0/s1. The van der Waals surface area contributed by atoms with Crippen LogP contribution in [0, 0.1) is 11.3 Å². The summed E-state index contributed by atoms with van der Waals surface area (Å²) in [5, 5.41) is 9.28. The number of nitriles is 1. The molecule has 3 aromatic rings. The minimum absolute atomic E-state index is 0.433. The second-order valence-corrected chi connectivity index (χ2v) is 6.63. The predicted molar refractivity (Wildman–Crippen MR) is 99.9 cm³/mol. The first-order chi connectivity index (χ1) is 12.3. The minimum atomic E-state index is 0.433. The van der Waals surface area contributed by atoms with Gasteiger partial charge in [-0.05, 0) is 41.8 Å². The van der Waals surface area contributed by atoms with E-state index in [2.05, 4.69) is 65.1 Å². The molecule has 0 N–H and O–H groups in total. The first-order valence-corrected chi connectivity index (χ1v) is 8.74. The molecule has 2 heterocycles. The highest BCUT2D eigenvalue weighted by Gasteiger charge is 2.23. The third kappa shape index (κ3) is 2.97. The lowest BCUT2D eigenvalue weighted by Gasteiger charge is -2.35. The molecule has 4 rings (SSSR count). The molecule has 0 saturated heterocycles. The van der Waals surface area contributed by atoms with Crippen molar-refractivity contribution in [2.24, 2.45) is 0 Å². The van der Waals surface area contributed by atoms with Gasteiger partial charge in [0.2, 0.25) is 0 Å². The molecule has 0 amide bonds. The highest BCUT2D eigenvalue weighted by Crippen LogP contribution is 2.28. The highest BCUT2D eigenvalue weighted by molar-refractivity contribution is 5.70. The molecule has 1 aliphatic rings. The molecule has 0 saturated carbocycles. The van der Waals surface area contributed by atoms with E-state index in [-0.39, 0.29) is 0 Å². The molecular formula is C22H21N3. The number of fused-ring (bicyclic) bond motifs is 1. The number of hydrogen-bond acceptors (Lipinski definition) is 2. The largest absolute Gasteiger partial charge is 0.349 e. The smallest absolute Gasteiger partial charge is 0.0998 e. The molecule has 1 atom stereocenters. The van der Waals surface area contributed by atoms with Gasteiger partial charge in [-0.1, -0.05) is 42.5 Å². The molecule has 1 aromatic heterocycles. The number of nitrogens with zero attached hydrogens (tertiary/aromatic N) is 3. The Kier molecular flexibility index (Phi) is 4.13. The molecule has 0 aliphatic carbocycles. The summed E-state index contributed by atoms with van der Waals surface area (Å²) in [6.07, 6.45) is 2.17. The van der Waals surface area contributed by atoms with Crippen molar-refractivity contribution < 1.29 is 0 Å². The fourth-order valence-corrected chi connectivity index (χ4v) is 3.70. The summed E-state index contributed by atoms with van der Waals surface area (Å²) >= 11 is 0. The summed E-state index contributed by atoms with van der Waals surface area (Å²) in [7, 11) is 0. The van der Waals surface area contributed by atoms with Gasteiger partial charge < -0.3 is 4.57 Å². The number of aromatic nitrogens is 1. The molecule has 3 nitrogen and oxygen atoms in total. The van der Waals surface area contributed by atoms with E-state index in [0.29, 0.717) is 6.04 Å². The first kappa shape index (κ1) is 15.7.